The minimum Gasteiger partial charge on any atom is -0.287 e. The van der Waals surface area contributed by atoms with Gasteiger partial charge in [-0.3, -0.25) is 9.59 Å². The molecule has 0 amide bonds. The highest BCUT2D eigenvalue weighted by Gasteiger charge is 2.29. The molecule has 0 saturated heterocycles. The van der Waals surface area contributed by atoms with Gasteiger partial charge in [0.25, 0.3) is 0 Å². The van der Waals surface area contributed by atoms with E-state index in [0.717, 1.165) is 97.4 Å². The van der Waals surface area contributed by atoms with Gasteiger partial charge in [0.15, 0.2) is 0 Å². The van der Waals surface area contributed by atoms with Crippen molar-refractivity contribution in [2.24, 2.45) is 0 Å². The zero-order chi connectivity index (χ0) is 37.7. The second-order valence-electron chi connectivity index (χ2n) is 14.1. The molecule has 2 aliphatic rings. The number of pyridine rings is 2. The highest BCUT2D eigenvalue weighted by Crippen LogP contribution is 2.38. The number of aromatic nitrogens is 2. The molecule has 4 aromatic carbocycles. The summed E-state index contributed by atoms with van der Waals surface area (Å²) < 4.78 is 0. The van der Waals surface area contributed by atoms with Crippen LogP contribution in [-0.4, -0.2) is 21.5 Å². The number of carbonyl (C=O) groups is 2. The Labute approximate surface area is 323 Å². The molecule has 2 aliphatic carbocycles. The Morgan fingerprint density at radius 2 is 1.09 bits per heavy atom. The zero-order valence-electron chi connectivity index (χ0n) is 31.3. The fourth-order valence-electron chi connectivity index (χ4n) is 7.80. The van der Waals surface area contributed by atoms with Gasteiger partial charge >= 0.3 is 0 Å². The number of benzene rings is 4. The van der Waals surface area contributed by atoms with Crippen LogP contribution in [0.1, 0.15) is 82.0 Å². The molecule has 2 heterocycles. The van der Waals surface area contributed by atoms with Crippen LogP contribution in [0.2, 0.25) is 0 Å². The minimum absolute atomic E-state index is 0.0334. The van der Waals surface area contributed by atoms with E-state index in [1.165, 1.54) is 0 Å². The highest BCUT2D eigenvalue weighted by atomic mass is 16.1. The van der Waals surface area contributed by atoms with Crippen LogP contribution >= 0.6 is 0 Å². The van der Waals surface area contributed by atoms with E-state index in [1.54, 1.807) is 0 Å². The summed E-state index contributed by atoms with van der Waals surface area (Å²) in [5.41, 5.74) is 14.2. The van der Waals surface area contributed by atoms with Crippen LogP contribution < -0.4 is 0 Å². The van der Waals surface area contributed by atoms with Crippen molar-refractivity contribution >= 4 is 29.3 Å². The van der Waals surface area contributed by atoms with Gasteiger partial charge < -0.3 is 0 Å². The van der Waals surface area contributed by atoms with E-state index >= 15 is 0 Å². The Kier molecular flexibility index (Phi) is 10.2. The molecule has 8 rings (SSSR count). The maximum absolute atomic E-state index is 14.3. The van der Waals surface area contributed by atoms with Crippen molar-refractivity contribution in [2.75, 3.05) is 0 Å². The molecular formula is C51H42N2O2. The van der Waals surface area contributed by atoms with E-state index in [0.29, 0.717) is 24.2 Å². The maximum Gasteiger partial charge on any atom is 0.207 e. The lowest BCUT2D eigenvalue weighted by atomic mass is 9.83. The number of Topliss-reactive ketones (excluding diaryl/α,β-unsaturated/α-hetero) is 2. The van der Waals surface area contributed by atoms with Gasteiger partial charge in [-0.05, 0) is 119 Å². The SMILES string of the molecule is C/C=C\C(=C/CC)c1cc(-c2ccccc2)c2c(n1)C(=O)/C(=C/c1cccc(/C=C3\CCc4c(-c5ccccc5)cc(-c5ccccc5)nc4C3=O)c1)CC2. The third-order valence-electron chi connectivity index (χ3n) is 10.4. The third-order valence-corrected chi connectivity index (χ3v) is 10.4. The predicted molar refractivity (Wildman–Crippen MR) is 226 cm³/mol. The Morgan fingerprint density at radius 1 is 0.582 bits per heavy atom. The first-order chi connectivity index (χ1) is 27.0. The van der Waals surface area contributed by atoms with Crippen molar-refractivity contribution in [1.82, 2.24) is 9.97 Å². The third kappa shape index (κ3) is 7.36. The van der Waals surface area contributed by atoms with E-state index in [9.17, 15) is 9.59 Å². The van der Waals surface area contributed by atoms with Crippen molar-refractivity contribution < 1.29 is 9.59 Å². The summed E-state index contributed by atoms with van der Waals surface area (Å²) in [6.07, 6.45) is 13.8. The summed E-state index contributed by atoms with van der Waals surface area (Å²) in [6, 6.07) is 42.9. The van der Waals surface area contributed by atoms with Crippen LogP contribution in [0.15, 0.2) is 157 Å². The summed E-state index contributed by atoms with van der Waals surface area (Å²) >= 11 is 0. The number of nitrogens with zero attached hydrogens (tertiary/aromatic N) is 2. The van der Waals surface area contributed by atoms with E-state index in [4.69, 9.17) is 9.97 Å². The first kappa shape index (κ1) is 35.5. The van der Waals surface area contributed by atoms with Crippen molar-refractivity contribution in [3.63, 3.8) is 0 Å². The van der Waals surface area contributed by atoms with Crippen LogP contribution in [0.25, 0.3) is 51.2 Å². The number of carbonyl (C=O) groups excluding carboxylic acids is 2. The highest BCUT2D eigenvalue weighted by molar-refractivity contribution is 6.14. The summed E-state index contributed by atoms with van der Waals surface area (Å²) in [5.74, 6) is -0.0708. The van der Waals surface area contributed by atoms with Crippen LogP contribution in [0.3, 0.4) is 0 Å². The predicted octanol–water partition coefficient (Wildman–Crippen LogP) is 12.3. The summed E-state index contributed by atoms with van der Waals surface area (Å²) in [4.78, 5) is 38.5. The van der Waals surface area contributed by atoms with E-state index in [2.05, 4.69) is 61.5 Å². The number of fused-ring (bicyclic) bond motifs is 2. The molecule has 0 spiro atoms. The number of rotatable bonds is 8. The molecule has 4 nitrogen and oxygen atoms in total. The van der Waals surface area contributed by atoms with Gasteiger partial charge in [0.05, 0.1) is 11.4 Å². The lowest BCUT2D eigenvalue weighted by molar-refractivity contribution is 0.101. The van der Waals surface area contributed by atoms with Crippen LogP contribution in [-0.2, 0) is 12.8 Å². The molecule has 55 heavy (non-hydrogen) atoms. The fourth-order valence-corrected chi connectivity index (χ4v) is 7.80. The van der Waals surface area contributed by atoms with Crippen molar-refractivity contribution in [3.8, 4) is 33.5 Å². The molecule has 0 aliphatic heterocycles. The van der Waals surface area contributed by atoms with Gasteiger partial charge in [-0.15, -0.1) is 0 Å². The molecule has 268 valence electrons. The lowest BCUT2D eigenvalue weighted by Crippen LogP contribution is -2.18. The number of allylic oxidation sites excluding steroid dienone is 6. The molecule has 2 aromatic heterocycles. The molecule has 0 radical (unpaired) electrons. The molecule has 0 saturated carbocycles. The summed E-state index contributed by atoms with van der Waals surface area (Å²) in [6.45, 7) is 4.11. The lowest BCUT2D eigenvalue weighted by Gasteiger charge is -2.22. The second-order valence-corrected chi connectivity index (χ2v) is 14.1. The average molecular weight is 715 g/mol. The zero-order valence-corrected chi connectivity index (χ0v) is 31.3. The molecule has 0 N–H and O–H groups in total. The van der Waals surface area contributed by atoms with Gasteiger partial charge in [-0.25, -0.2) is 9.97 Å². The van der Waals surface area contributed by atoms with Crippen molar-refractivity contribution in [2.45, 2.75) is 46.0 Å². The van der Waals surface area contributed by atoms with Crippen LogP contribution in [0.4, 0.5) is 0 Å². The molecule has 0 fully saturated rings. The monoisotopic (exact) mass is 714 g/mol. The normalized spacial score (nSPS) is 15.8. The van der Waals surface area contributed by atoms with Crippen molar-refractivity contribution in [1.29, 1.82) is 0 Å². The Bertz CT molecular complexity index is 2540. The van der Waals surface area contributed by atoms with E-state index < -0.39 is 0 Å². The first-order valence-electron chi connectivity index (χ1n) is 19.2. The summed E-state index contributed by atoms with van der Waals surface area (Å²) in [5, 5.41) is 0. The van der Waals surface area contributed by atoms with Crippen molar-refractivity contribution in [3.05, 3.63) is 196 Å². The standard InChI is InChI=1S/C51H42N2O2/c1-3-15-38(16-4-2)46-32-44(36-19-8-5-9-20-36)42-27-25-40(50(54)48(42)52-46)30-34-17-14-18-35(29-34)31-41-26-28-43-45(37-21-10-6-11-22-37)33-47(53-49(43)51(41)55)39-23-12-7-13-24-39/h3,5-24,29-33H,4,25-28H2,1-2H3/b15-3-,38-16+,40-30+,41-31+. The number of hydrogen-bond acceptors (Lipinski definition) is 4. The fraction of sp³-hybridized carbons (Fsp3) is 0.137. The van der Waals surface area contributed by atoms with Gasteiger partial charge in [0.1, 0.15) is 11.4 Å². The van der Waals surface area contributed by atoms with Gasteiger partial charge in [0, 0.05) is 16.7 Å². The van der Waals surface area contributed by atoms with E-state index in [-0.39, 0.29) is 11.6 Å². The Hall–Kier alpha value is -6.52. The molecule has 0 atom stereocenters. The second kappa shape index (κ2) is 15.8. The van der Waals surface area contributed by atoms with Gasteiger partial charge in [-0.1, -0.05) is 134 Å². The smallest absolute Gasteiger partial charge is 0.207 e. The Balaban J connectivity index is 1.13. The Morgan fingerprint density at radius 3 is 1.62 bits per heavy atom. The minimum atomic E-state index is -0.0375. The molecule has 0 bridgehead atoms. The van der Waals surface area contributed by atoms with Gasteiger partial charge in [0.2, 0.25) is 11.6 Å². The average Bonchev–Trinajstić information content (AvgIpc) is 3.23. The van der Waals surface area contributed by atoms with E-state index in [1.807, 2.05) is 110 Å². The van der Waals surface area contributed by atoms with Crippen LogP contribution in [0, 0.1) is 0 Å². The topological polar surface area (TPSA) is 59.9 Å². The quantitative estimate of drug-likeness (QED) is 0.116. The number of ketones is 2. The van der Waals surface area contributed by atoms with Crippen LogP contribution in [0.5, 0.6) is 0 Å². The largest absolute Gasteiger partial charge is 0.287 e. The maximum atomic E-state index is 14.3. The molecular weight excluding hydrogens is 673 g/mol. The van der Waals surface area contributed by atoms with Gasteiger partial charge in [-0.2, -0.15) is 0 Å². The number of hydrogen-bond donors (Lipinski definition) is 0. The molecule has 4 heteroatoms. The summed E-state index contributed by atoms with van der Waals surface area (Å²) in [7, 11) is 0. The molecule has 6 aromatic rings. The first-order valence-corrected chi connectivity index (χ1v) is 19.2. The molecule has 0 unspecified atom stereocenters.